The second kappa shape index (κ2) is 8.07. The molecule has 8 heteroatoms. The topological polar surface area (TPSA) is 56.8 Å². The number of alkyl carbamates (subject to hydrolysis) is 1. The molecule has 0 aromatic heterocycles. The molecule has 1 aromatic rings. The standard InChI is InChI=1S/C21H30BF2NO4/c1-13-14(9-10-16(23)17(13)24)11-15(12-25-18(26)27-19(2,3)4)22-28-20(5,6)21(7,8)29-22/h9-11H,12H2,1-8H3,(H,25,26). The van der Waals surface area contributed by atoms with Gasteiger partial charge in [0, 0.05) is 6.54 Å². The third-order valence-corrected chi connectivity index (χ3v) is 5.11. The molecule has 1 amide bonds. The van der Waals surface area contributed by atoms with Gasteiger partial charge in [0.05, 0.1) is 11.2 Å². The molecular formula is C21H30BF2NO4. The van der Waals surface area contributed by atoms with Crippen molar-refractivity contribution < 1.29 is 27.6 Å². The van der Waals surface area contributed by atoms with Gasteiger partial charge in [-0.2, -0.15) is 0 Å². The number of halogens is 2. The van der Waals surface area contributed by atoms with Crippen molar-refractivity contribution in [1.29, 1.82) is 0 Å². The van der Waals surface area contributed by atoms with Gasteiger partial charge in [-0.05, 0) is 78.1 Å². The van der Waals surface area contributed by atoms with E-state index >= 15 is 0 Å². The van der Waals surface area contributed by atoms with E-state index in [1.807, 2.05) is 27.7 Å². The molecule has 1 heterocycles. The van der Waals surface area contributed by atoms with Crippen LogP contribution in [0.15, 0.2) is 17.6 Å². The molecule has 1 N–H and O–H groups in total. The fourth-order valence-corrected chi connectivity index (χ4v) is 2.71. The Morgan fingerprint density at radius 1 is 1.17 bits per heavy atom. The molecule has 0 aliphatic carbocycles. The zero-order valence-electron chi connectivity index (χ0n) is 18.4. The van der Waals surface area contributed by atoms with Crippen molar-refractivity contribution in [3.8, 4) is 0 Å². The number of rotatable bonds is 4. The first-order valence-electron chi connectivity index (χ1n) is 9.60. The summed E-state index contributed by atoms with van der Waals surface area (Å²) in [6.07, 6.45) is 1.05. The second-order valence-electron chi connectivity index (χ2n) is 9.24. The summed E-state index contributed by atoms with van der Waals surface area (Å²) in [5, 5.41) is 2.68. The van der Waals surface area contributed by atoms with Crippen LogP contribution in [-0.4, -0.2) is 36.6 Å². The normalized spacial score (nSPS) is 18.7. The fraction of sp³-hybridized carbons (Fsp3) is 0.571. The van der Waals surface area contributed by atoms with Gasteiger partial charge in [-0.1, -0.05) is 12.1 Å². The lowest BCUT2D eigenvalue weighted by molar-refractivity contribution is 0.00578. The van der Waals surface area contributed by atoms with E-state index in [-0.39, 0.29) is 12.1 Å². The van der Waals surface area contributed by atoms with Gasteiger partial charge < -0.3 is 19.4 Å². The van der Waals surface area contributed by atoms with Crippen LogP contribution in [0.2, 0.25) is 0 Å². The van der Waals surface area contributed by atoms with Crippen LogP contribution in [0.25, 0.3) is 6.08 Å². The van der Waals surface area contributed by atoms with Crippen molar-refractivity contribution in [3.63, 3.8) is 0 Å². The summed E-state index contributed by atoms with van der Waals surface area (Å²) in [6, 6.07) is 2.55. The maximum Gasteiger partial charge on any atom is 0.492 e. The maximum absolute atomic E-state index is 14.0. The number of benzene rings is 1. The summed E-state index contributed by atoms with van der Waals surface area (Å²) < 4.78 is 44.9. The van der Waals surface area contributed by atoms with E-state index in [0.717, 1.165) is 6.07 Å². The highest BCUT2D eigenvalue weighted by Gasteiger charge is 2.52. The monoisotopic (exact) mass is 409 g/mol. The van der Waals surface area contributed by atoms with Gasteiger partial charge in [-0.25, -0.2) is 13.6 Å². The van der Waals surface area contributed by atoms with Crippen LogP contribution in [0, 0.1) is 18.6 Å². The third kappa shape index (κ3) is 5.57. The molecule has 0 unspecified atom stereocenters. The SMILES string of the molecule is Cc1c(C=C(CNC(=O)OC(C)(C)C)B2OC(C)(C)C(C)(C)O2)ccc(F)c1F. The Kier molecular flexibility index (Phi) is 6.50. The fourth-order valence-electron chi connectivity index (χ4n) is 2.71. The molecule has 0 spiro atoms. The van der Waals surface area contributed by atoms with Crippen molar-refractivity contribution in [2.24, 2.45) is 0 Å². The highest BCUT2D eigenvalue weighted by molar-refractivity contribution is 6.56. The zero-order valence-corrected chi connectivity index (χ0v) is 18.4. The molecule has 29 heavy (non-hydrogen) atoms. The lowest BCUT2D eigenvalue weighted by atomic mass is 9.76. The number of nitrogens with one attached hydrogen (secondary N) is 1. The van der Waals surface area contributed by atoms with Gasteiger partial charge in [0.15, 0.2) is 11.6 Å². The average Bonchev–Trinajstić information content (AvgIpc) is 2.77. The van der Waals surface area contributed by atoms with E-state index in [1.54, 1.807) is 26.8 Å². The molecule has 160 valence electrons. The minimum absolute atomic E-state index is 0.0597. The van der Waals surface area contributed by atoms with Gasteiger partial charge in [-0.15, -0.1) is 0 Å². The molecular weight excluding hydrogens is 379 g/mol. The van der Waals surface area contributed by atoms with Crippen LogP contribution >= 0.6 is 0 Å². The Labute approximate surface area is 171 Å². The molecule has 0 bridgehead atoms. The van der Waals surface area contributed by atoms with Crippen LogP contribution in [-0.2, 0) is 14.0 Å². The summed E-state index contributed by atoms with van der Waals surface area (Å²) >= 11 is 0. The number of carbonyl (C=O) groups is 1. The molecule has 2 rings (SSSR count). The summed E-state index contributed by atoms with van der Waals surface area (Å²) in [5.41, 5.74) is -0.633. The van der Waals surface area contributed by atoms with Gasteiger partial charge in [-0.3, -0.25) is 0 Å². The Bertz CT molecular complexity index is 800. The summed E-state index contributed by atoms with van der Waals surface area (Å²) in [7, 11) is -0.762. The van der Waals surface area contributed by atoms with E-state index in [1.165, 1.54) is 13.0 Å². The van der Waals surface area contributed by atoms with E-state index in [9.17, 15) is 13.6 Å². The summed E-state index contributed by atoms with van der Waals surface area (Å²) in [6.45, 7) is 14.5. The average molecular weight is 409 g/mol. The zero-order chi connectivity index (χ0) is 22.2. The molecule has 5 nitrogen and oxygen atoms in total. The maximum atomic E-state index is 14.0. The predicted octanol–water partition coefficient (Wildman–Crippen LogP) is 4.81. The highest BCUT2D eigenvalue weighted by atomic mass is 19.2. The molecule has 0 atom stereocenters. The predicted molar refractivity (Wildman–Crippen MR) is 109 cm³/mol. The van der Waals surface area contributed by atoms with Crippen molar-refractivity contribution in [3.05, 3.63) is 40.4 Å². The number of amides is 1. The van der Waals surface area contributed by atoms with E-state index in [0.29, 0.717) is 11.0 Å². The lowest BCUT2D eigenvalue weighted by Gasteiger charge is -2.32. The Morgan fingerprint density at radius 3 is 2.24 bits per heavy atom. The second-order valence-corrected chi connectivity index (χ2v) is 9.24. The first kappa shape index (κ1) is 23.4. The number of hydrogen-bond acceptors (Lipinski definition) is 4. The van der Waals surface area contributed by atoms with Gasteiger partial charge in [0.25, 0.3) is 0 Å². The first-order valence-corrected chi connectivity index (χ1v) is 9.60. The van der Waals surface area contributed by atoms with Crippen molar-refractivity contribution in [2.45, 2.75) is 72.2 Å². The Balaban J connectivity index is 2.34. The van der Waals surface area contributed by atoms with E-state index < -0.39 is 41.6 Å². The van der Waals surface area contributed by atoms with Gasteiger partial charge >= 0.3 is 13.2 Å². The summed E-state index contributed by atoms with van der Waals surface area (Å²) in [5.74, 6) is -1.82. The van der Waals surface area contributed by atoms with Crippen LogP contribution < -0.4 is 5.32 Å². The van der Waals surface area contributed by atoms with Crippen LogP contribution in [0.1, 0.15) is 59.6 Å². The number of hydrogen-bond donors (Lipinski definition) is 1. The Hall–Kier alpha value is -1.93. The van der Waals surface area contributed by atoms with E-state index in [4.69, 9.17) is 14.0 Å². The minimum Gasteiger partial charge on any atom is -0.444 e. The molecule has 1 fully saturated rings. The smallest absolute Gasteiger partial charge is 0.444 e. The van der Waals surface area contributed by atoms with Crippen molar-refractivity contribution in [1.82, 2.24) is 5.32 Å². The van der Waals surface area contributed by atoms with E-state index in [2.05, 4.69) is 5.32 Å². The van der Waals surface area contributed by atoms with Gasteiger partial charge in [0.2, 0.25) is 0 Å². The van der Waals surface area contributed by atoms with Crippen LogP contribution in [0.3, 0.4) is 0 Å². The van der Waals surface area contributed by atoms with Crippen LogP contribution in [0.4, 0.5) is 13.6 Å². The molecule has 0 radical (unpaired) electrons. The molecule has 1 aliphatic heterocycles. The lowest BCUT2D eigenvalue weighted by Crippen LogP contribution is -2.41. The van der Waals surface area contributed by atoms with Crippen molar-refractivity contribution in [2.75, 3.05) is 6.54 Å². The molecule has 1 saturated heterocycles. The molecule has 1 aliphatic rings. The quantitative estimate of drug-likeness (QED) is 0.725. The molecule has 0 saturated carbocycles. The largest absolute Gasteiger partial charge is 0.492 e. The minimum atomic E-state index is -0.913. The first-order chi connectivity index (χ1) is 13.1. The third-order valence-electron chi connectivity index (χ3n) is 5.11. The number of carbonyl (C=O) groups excluding carboxylic acids is 1. The highest BCUT2D eigenvalue weighted by Crippen LogP contribution is 2.39. The van der Waals surface area contributed by atoms with Crippen molar-refractivity contribution >= 4 is 19.3 Å². The summed E-state index contributed by atoms with van der Waals surface area (Å²) in [4.78, 5) is 12.1. The Morgan fingerprint density at radius 2 is 1.72 bits per heavy atom. The van der Waals surface area contributed by atoms with Gasteiger partial charge in [0.1, 0.15) is 5.60 Å². The molecule has 1 aromatic carbocycles. The van der Waals surface area contributed by atoms with Crippen LogP contribution in [0.5, 0.6) is 0 Å². The number of ether oxygens (including phenoxy) is 1.